The Labute approximate surface area is 121 Å². The number of nitrogens with two attached hydrogens (primary N) is 1. The highest BCUT2D eigenvalue weighted by molar-refractivity contribution is 7.27. The summed E-state index contributed by atoms with van der Waals surface area (Å²) in [7, 11) is 0. The van der Waals surface area contributed by atoms with Crippen molar-refractivity contribution in [2.45, 2.75) is 38.3 Å². The summed E-state index contributed by atoms with van der Waals surface area (Å²) in [5, 5.41) is 2.07. The molecule has 0 aromatic carbocycles. The zero-order chi connectivity index (χ0) is 13.4. The zero-order valence-electron chi connectivity index (χ0n) is 11.0. The molecule has 3 heterocycles. The van der Waals surface area contributed by atoms with Gasteiger partial charge in [0.25, 0.3) is 5.91 Å². The van der Waals surface area contributed by atoms with E-state index in [0.717, 1.165) is 24.3 Å². The molecular weight excluding hydrogens is 276 g/mol. The number of amides is 1. The van der Waals surface area contributed by atoms with Crippen LogP contribution in [-0.4, -0.2) is 29.4 Å². The van der Waals surface area contributed by atoms with Gasteiger partial charge in [-0.2, -0.15) is 0 Å². The van der Waals surface area contributed by atoms with Gasteiger partial charge in [-0.15, -0.1) is 22.7 Å². The number of carbonyl (C=O) groups is 1. The molecule has 2 N–H and O–H groups in total. The fraction of sp³-hybridized carbons (Fsp3) is 0.500. The second-order valence-electron chi connectivity index (χ2n) is 5.18. The first-order chi connectivity index (χ1) is 9.16. The molecule has 3 rings (SSSR count). The second kappa shape index (κ2) is 5.23. The molecule has 0 spiro atoms. The molecule has 2 unspecified atom stereocenters. The zero-order valence-corrected chi connectivity index (χ0v) is 12.6. The predicted molar refractivity (Wildman–Crippen MR) is 82.0 cm³/mol. The van der Waals surface area contributed by atoms with Gasteiger partial charge in [0.15, 0.2) is 0 Å². The van der Waals surface area contributed by atoms with Crippen LogP contribution in [0.3, 0.4) is 0 Å². The van der Waals surface area contributed by atoms with E-state index in [1.54, 1.807) is 22.7 Å². The maximum atomic E-state index is 12.7. The van der Waals surface area contributed by atoms with Gasteiger partial charge in [0.05, 0.1) is 4.88 Å². The van der Waals surface area contributed by atoms with E-state index in [2.05, 4.69) is 11.4 Å². The molecule has 102 valence electrons. The quantitative estimate of drug-likeness (QED) is 0.923. The maximum Gasteiger partial charge on any atom is 0.264 e. The first-order valence-corrected chi connectivity index (χ1v) is 8.40. The molecule has 0 radical (unpaired) electrons. The van der Waals surface area contributed by atoms with Crippen LogP contribution >= 0.6 is 22.7 Å². The third-order valence-corrected chi connectivity index (χ3v) is 5.85. The van der Waals surface area contributed by atoms with Crippen LogP contribution in [0.25, 0.3) is 9.40 Å². The van der Waals surface area contributed by atoms with Crippen LogP contribution in [0.4, 0.5) is 0 Å². The van der Waals surface area contributed by atoms with E-state index in [0.29, 0.717) is 0 Å². The third kappa shape index (κ3) is 2.42. The summed E-state index contributed by atoms with van der Waals surface area (Å²) in [6.07, 6.45) is 3.30. The summed E-state index contributed by atoms with van der Waals surface area (Å²) in [5.74, 6) is 0.162. The highest BCUT2D eigenvalue weighted by Gasteiger charge is 2.30. The SMILES string of the molecule is CC(N)C1CCCCN1C(=O)c1cc2sccc2s1. The number of fused-ring (bicyclic) bond motifs is 1. The standard InChI is InChI=1S/C14H18N2OS2/c1-9(15)10-4-2-3-6-16(10)14(17)13-8-12-11(19-13)5-7-18-12/h5,7-10H,2-4,6,15H2,1H3. The molecule has 0 bridgehead atoms. The fourth-order valence-electron chi connectivity index (χ4n) is 2.77. The molecule has 1 aliphatic heterocycles. The molecule has 19 heavy (non-hydrogen) atoms. The topological polar surface area (TPSA) is 46.3 Å². The summed E-state index contributed by atoms with van der Waals surface area (Å²) in [4.78, 5) is 15.5. The van der Waals surface area contributed by atoms with Crippen molar-refractivity contribution in [2.24, 2.45) is 5.73 Å². The molecule has 2 aromatic rings. The Kier molecular flexibility index (Phi) is 3.60. The van der Waals surface area contributed by atoms with Crippen LogP contribution in [0.15, 0.2) is 17.5 Å². The lowest BCUT2D eigenvalue weighted by molar-refractivity contribution is 0.0589. The Balaban J connectivity index is 1.87. The number of piperidine rings is 1. The number of rotatable bonds is 2. The van der Waals surface area contributed by atoms with Gasteiger partial charge in [0, 0.05) is 28.0 Å². The Morgan fingerprint density at radius 3 is 3.05 bits per heavy atom. The minimum absolute atomic E-state index is 0.0466. The van der Waals surface area contributed by atoms with E-state index >= 15 is 0 Å². The van der Waals surface area contributed by atoms with Crippen molar-refractivity contribution in [1.29, 1.82) is 0 Å². The highest BCUT2D eigenvalue weighted by Crippen LogP contribution is 2.32. The summed E-state index contributed by atoms with van der Waals surface area (Å²) in [6.45, 7) is 2.85. The van der Waals surface area contributed by atoms with Gasteiger partial charge in [-0.25, -0.2) is 0 Å². The lowest BCUT2D eigenvalue weighted by Gasteiger charge is -2.37. The van der Waals surface area contributed by atoms with E-state index < -0.39 is 0 Å². The van der Waals surface area contributed by atoms with Gasteiger partial charge in [-0.1, -0.05) is 0 Å². The molecule has 2 aromatic heterocycles. The molecule has 1 aliphatic rings. The van der Waals surface area contributed by atoms with Crippen molar-refractivity contribution < 1.29 is 4.79 Å². The molecule has 3 nitrogen and oxygen atoms in total. The maximum absolute atomic E-state index is 12.7. The minimum Gasteiger partial charge on any atom is -0.333 e. The Bertz CT molecular complexity index is 559. The van der Waals surface area contributed by atoms with Crippen LogP contribution in [0.5, 0.6) is 0 Å². The van der Waals surface area contributed by atoms with Crippen LogP contribution in [0.1, 0.15) is 35.9 Å². The van der Waals surface area contributed by atoms with Gasteiger partial charge in [0.2, 0.25) is 0 Å². The number of carbonyl (C=O) groups excluding carboxylic acids is 1. The summed E-state index contributed by atoms with van der Waals surface area (Å²) < 4.78 is 2.42. The van der Waals surface area contributed by atoms with Crippen LogP contribution in [0.2, 0.25) is 0 Å². The van der Waals surface area contributed by atoms with Crippen LogP contribution in [-0.2, 0) is 0 Å². The molecule has 1 saturated heterocycles. The molecule has 0 saturated carbocycles. The van der Waals surface area contributed by atoms with Crippen molar-refractivity contribution in [3.8, 4) is 0 Å². The smallest absolute Gasteiger partial charge is 0.264 e. The van der Waals surface area contributed by atoms with Gasteiger partial charge in [0.1, 0.15) is 0 Å². The van der Waals surface area contributed by atoms with Gasteiger partial charge >= 0.3 is 0 Å². The predicted octanol–water partition coefficient (Wildman–Crippen LogP) is 3.30. The molecule has 0 aliphatic carbocycles. The van der Waals surface area contributed by atoms with E-state index in [-0.39, 0.29) is 18.0 Å². The van der Waals surface area contributed by atoms with Crippen molar-refractivity contribution >= 4 is 38.0 Å². The summed E-state index contributed by atoms with van der Waals surface area (Å²) >= 11 is 3.29. The van der Waals surface area contributed by atoms with Crippen molar-refractivity contribution in [3.63, 3.8) is 0 Å². The Morgan fingerprint density at radius 2 is 2.32 bits per heavy atom. The third-order valence-electron chi connectivity index (χ3n) is 3.77. The summed E-state index contributed by atoms with van der Waals surface area (Å²) in [6, 6.07) is 4.35. The first kappa shape index (κ1) is 13.1. The molecule has 1 fully saturated rings. The first-order valence-electron chi connectivity index (χ1n) is 6.70. The normalized spacial score (nSPS) is 21.8. The van der Waals surface area contributed by atoms with Gasteiger partial charge in [-0.3, -0.25) is 4.79 Å². The Hall–Kier alpha value is -0.910. The number of thiophene rings is 2. The van der Waals surface area contributed by atoms with Crippen LogP contribution < -0.4 is 5.73 Å². The monoisotopic (exact) mass is 294 g/mol. The van der Waals surface area contributed by atoms with Gasteiger partial charge in [-0.05, 0) is 43.7 Å². The van der Waals surface area contributed by atoms with Crippen molar-refractivity contribution in [3.05, 3.63) is 22.4 Å². The van der Waals surface area contributed by atoms with Crippen molar-refractivity contribution in [2.75, 3.05) is 6.54 Å². The van der Waals surface area contributed by atoms with E-state index in [1.807, 2.05) is 17.9 Å². The van der Waals surface area contributed by atoms with Crippen molar-refractivity contribution in [1.82, 2.24) is 4.90 Å². The lowest BCUT2D eigenvalue weighted by atomic mass is 9.97. The molecule has 1 amide bonds. The second-order valence-corrected chi connectivity index (χ2v) is 7.21. The molecule has 2 atom stereocenters. The summed E-state index contributed by atoms with van der Waals surface area (Å²) in [5.41, 5.74) is 6.04. The lowest BCUT2D eigenvalue weighted by Crippen LogP contribution is -2.51. The fourth-order valence-corrected chi connectivity index (χ4v) is 4.83. The number of hydrogen-bond acceptors (Lipinski definition) is 4. The van der Waals surface area contributed by atoms with Crippen LogP contribution in [0, 0.1) is 0 Å². The molecule has 5 heteroatoms. The number of likely N-dealkylation sites (tertiary alicyclic amines) is 1. The average Bonchev–Trinajstić information content (AvgIpc) is 2.98. The minimum atomic E-state index is 0.0466. The largest absolute Gasteiger partial charge is 0.333 e. The molecular formula is C14H18N2OS2. The van der Waals surface area contributed by atoms with E-state index in [1.165, 1.54) is 15.8 Å². The average molecular weight is 294 g/mol. The highest BCUT2D eigenvalue weighted by atomic mass is 32.1. The Morgan fingerprint density at radius 1 is 1.47 bits per heavy atom. The van der Waals surface area contributed by atoms with E-state index in [4.69, 9.17) is 5.73 Å². The number of nitrogens with zero attached hydrogens (tertiary/aromatic N) is 1. The van der Waals surface area contributed by atoms with E-state index in [9.17, 15) is 4.79 Å². The van der Waals surface area contributed by atoms with Gasteiger partial charge < -0.3 is 10.6 Å². The number of hydrogen-bond donors (Lipinski definition) is 1.